The maximum Gasteiger partial charge on any atom is 0.0516 e. The first kappa shape index (κ1) is 7.03. The Bertz CT molecular complexity index is 83.0. The highest BCUT2D eigenvalue weighted by Gasteiger charge is 2.17. The van der Waals surface area contributed by atoms with Crippen molar-refractivity contribution in [1.29, 1.82) is 0 Å². The van der Waals surface area contributed by atoms with E-state index >= 15 is 0 Å². The molecule has 2 atom stereocenters. The van der Waals surface area contributed by atoms with E-state index < -0.39 is 0 Å². The molecule has 2 heteroatoms. The van der Waals surface area contributed by atoms with Gasteiger partial charge in [0.2, 0.25) is 0 Å². The predicted molar refractivity (Wildman–Crippen MR) is 35.2 cm³/mol. The molecule has 1 fully saturated rings. The van der Waals surface area contributed by atoms with Gasteiger partial charge >= 0.3 is 0 Å². The van der Waals surface area contributed by atoms with Crippen LogP contribution in [0, 0.1) is 11.8 Å². The second-order valence-electron chi connectivity index (χ2n) is 2.93. The Morgan fingerprint density at radius 3 is 2.78 bits per heavy atom. The highest BCUT2D eigenvalue weighted by molar-refractivity contribution is 4.66. The zero-order chi connectivity index (χ0) is 6.69. The van der Waals surface area contributed by atoms with Crippen molar-refractivity contribution < 1.29 is 9.84 Å². The fraction of sp³-hybridized carbons (Fsp3) is 1.00. The summed E-state index contributed by atoms with van der Waals surface area (Å²) in [6.45, 7) is 4.06. The molecule has 1 heterocycles. The van der Waals surface area contributed by atoms with Gasteiger partial charge < -0.3 is 9.84 Å². The Morgan fingerprint density at radius 2 is 2.33 bits per heavy atom. The quantitative estimate of drug-likeness (QED) is 0.564. The number of rotatable bonds is 1. The van der Waals surface area contributed by atoms with Crippen molar-refractivity contribution in [3.8, 4) is 0 Å². The third kappa shape index (κ3) is 1.95. The van der Waals surface area contributed by atoms with E-state index in [1.165, 1.54) is 0 Å². The molecule has 2 nitrogen and oxygen atoms in total. The Kier molecular flexibility index (Phi) is 2.49. The Morgan fingerprint density at radius 1 is 1.56 bits per heavy atom. The van der Waals surface area contributed by atoms with Crippen molar-refractivity contribution in [3.05, 3.63) is 0 Å². The predicted octanol–water partition coefficient (Wildman–Crippen LogP) is 0.651. The van der Waals surface area contributed by atoms with Crippen LogP contribution in [0.1, 0.15) is 13.3 Å². The maximum absolute atomic E-state index is 8.73. The summed E-state index contributed by atoms with van der Waals surface area (Å²) in [5.41, 5.74) is 0. The zero-order valence-electron chi connectivity index (χ0n) is 5.84. The van der Waals surface area contributed by atoms with Crippen molar-refractivity contribution in [2.45, 2.75) is 13.3 Å². The van der Waals surface area contributed by atoms with Gasteiger partial charge in [0.05, 0.1) is 6.61 Å². The first-order chi connectivity index (χ1) is 4.33. The molecule has 0 amide bonds. The molecular formula is C7H14O2. The normalized spacial score (nSPS) is 36.7. The molecular weight excluding hydrogens is 116 g/mol. The molecule has 0 bridgehead atoms. The van der Waals surface area contributed by atoms with Crippen LogP contribution in [-0.4, -0.2) is 24.9 Å². The van der Waals surface area contributed by atoms with Crippen LogP contribution in [0.3, 0.4) is 0 Å². The molecule has 1 rings (SSSR count). The Labute approximate surface area is 55.8 Å². The van der Waals surface area contributed by atoms with Crippen molar-refractivity contribution in [2.24, 2.45) is 11.8 Å². The van der Waals surface area contributed by atoms with Gasteiger partial charge in [-0.2, -0.15) is 0 Å². The van der Waals surface area contributed by atoms with E-state index in [1.807, 2.05) is 0 Å². The lowest BCUT2D eigenvalue weighted by Gasteiger charge is -2.25. The largest absolute Gasteiger partial charge is 0.396 e. The van der Waals surface area contributed by atoms with Gasteiger partial charge in [0.1, 0.15) is 0 Å². The monoisotopic (exact) mass is 130 g/mol. The van der Waals surface area contributed by atoms with Crippen molar-refractivity contribution in [2.75, 3.05) is 19.8 Å². The van der Waals surface area contributed by atoms with E-state index in [2.05, 4.69) is 6.92 Å². The van der Waals surface area contributed by atoms with Gasteiger partial charge in [0, 0.05) is 19.1 Å². The molecule has 0 radical (unpaired) electrons. The standard InChI is InChI=1S/C7H14O2/c1-6-2-7(3-8)5-9-4-6/h6-8H,2-5H2,1H3/t6-,7+/m0/s1. The van der Waals surface area contributed by atoms with Crippen LogP contribution in [-0.2, 0) is 4.74 Å². The molecule has 1 aliphatic rings. The minimum atomic E-state index is 0.282. The van der Waals surface area contributed by atoms with E-state index in [0.29, 0.717) is 11.8 Å². The topological polar surface area (TPSA) is 29.5 Å². The lowest BCUT2D eigenvalue weighted by atomic mass is 9.95. The number of ether oxygens (including phenoxy) is 1. The lowest BCUT2D eigenvalue weighted by molar-refractivity contribution is 0.000938. The first-order valence-corrected chi connectivity index (χ1v) is 3.51. The van der Waals surface area contributed by atoms with Gasteiger partial charge in [0.25, 0.3) is 0 Å². The number of hydrogen-bond acceptors (Lipinski definition) is 2. The van der Waals surface area contributed by atoms with Crippen LogP contribution < -0.4 is 0 Å². The minimum absolute atomic E-state index is 0.282. The molecule has 0 spiro atoms. The SMILES string of the molecule is C[C@@H]1COC[C@@H](CO)C1. The van der Waals surface area contributed by atoms with Crippen LogP contribution in [0.4, 0.5) is 0 Å². The van der Waals surface area contributed by atoms with Crippen molar-refractivity contribution >= 4 is 0 Å². The summed E-state index contributed by atoms with van der Waals surface area (Å²) in [5, 5.41) is 8.73. The van der Waals surface area contributed by atoms with Crippen LogP contribution in [0.25, 0.3) is 0 Å². The van der Waals surface area contributed by atoms with E-state index in [0.717, 1.165) is 19.6 Å². The third-order valence-electron chi connectivity index (χ3n) is 1.75. The minimum Gasteiger partial charge on any atom is -0.396 e. The summed E-state index contributed by atoms with van der Waals surface area (Å²) in [7, 11) is 0. The lowest BCUT2D eigenvalue weighted by Crippen LogP contribution is -2.25. The van der Waals surface area contributed by atoms with Crippen LogP contribution in [0.5, 0.6) is 0 Å². The highest BCUT2D eigenvalue weighted by Crippen LogP contribution is 2.17. The summed E-state index contributed by atoms with van der Waals surface area (Å²) in [6, 6.07) is 0. The molecule has 0 aromatic rings. The van der Waals surface area contributed by atoms with E-state index in [4.69, 9.17) is 9.84 Å². The van der Waals surface area contributed by atoms with Gasteiger partial charge in [0.15, 0.2) is 0 Å². The van der Waals surface area contributed by atoms with Crippen molar-refractivity contribution in [1.82, 2.24) is 0 Å². The summed E-state index contributed by atoms with van der Waals surface area (Å²) in [6.07, 6.45) is 1.12. The molecule has 1 saturated heterocycles. The number of aliphatic hydroxyl groups is 1. The summed E-state index contributed by atoms with van der Waals surface area (Å²) in [5.74, 6) is 1.03. The summed E-state index contributed by atoms with van der Waals surface area (Å²) >= 11 is 0. The highest BCUT2D eigenvalue weighted by atomic mass is 16.5. The smallest absolute Gasteiger partial charge is 0.0516 e. The summed E-state index contributed by atoms with van der Waals surface area (Å²) < 4.78 is 5.23. The second-order valence-corrected chi connectivity index (χ2v) is 2.93. The molecule has 54 valence electrons. The Hall–Kier alpha value is -0.0800. The zero-order valence-corrected chi connectivity index (χ0v) is 5.84. The van der Waals surface area contributed by atoms with E-state index in [1.54, 1.807) is 0 Å². The van der Waals surface area contributed by atoms with E-state index in [9.17, 15) is 0 Å². The van der Waals surface area contributed by atoms with E-state index in [-0.39, 0.29) is 6.61 Å². The molecule has 0 aromatic heterocycles. The maximum atomic E-state index is 8.73. The van der Waals surface area contributed by atoms with Gasteiger partial charge in [-0.3, -0.25) is 0 Å². The fourth-order valence-electron chi connectivity index (χ4n) is 1.27. The third-order valence-corrected chi connectivity index (χ3v) is 1.75. The molecule has 1 aliphatic heterocycles. The van der Waals surface area contributed by atoms with Crippen molar-refractivity contribution in [3.63, 3.8) is 0 Å². The van der Waals surface area contributed by atoms with Gasteiger partial charge in [-0.15, -0.1) is 0 Å². The number of hydrogen-bond donors (Lipinski definition) is 1. The van der Waals surface area contributed by atoms with Crippen LogP contribution >= 0.6 is 0 Å². The Balaban J connectivity index is 2.23. The average Bonchev–Trinajstić information content (AvgIpc) is 1.88. The van der Waals surface area contributed by atoms with Gasteiger partial charge in [-0.05, 0) is 12.3 Å². The number of aliphatic hydroxyl groups excluding tert-OH is 1. The first-order valence-electron chi connectivity index (χ1n) is 3.51. The molecule has 0 aromatic carbocycles. The van der Waals surface area contributed by atoms with Gasteiger partial charge in [-0.25, -0.2) is 0 Å². The molecule has 0 aliphatic carbocycles. The molecule has 1 N–H and O–H groups in total. The summed E-state index contributed by atoms with van der Waals surface area (Å²) in [4.78, 5) is 0. The molecule has 0 unspecified atom stereocenters. The average molecular weight is 130 g/mol. The van der Waals surface area contributed by atoms with Crippen LogP contribution in [0.2, 0.25) is 0 Å². The fourth-order valence-corrected chi connectivity index (χ4v) is 1.27. The molecule has 0 saturated carbocycles. The van der Waals surface area contributed by atoms with Crippen LogP contribution in [0.15, 0.2) is 0 Å². The molecule has 9 heavy (non-hydrogen) atoms. The van der Waals surface area contributed by atoms with Gasteiger partial charge in [-0.1, -0.05) is 6.92 Å². The second kappa shape index (κ2) is 3.18.